The maximum Gasteiger partial charge on any atom is 0.160 e. The third kappa shape index (κ3) is 1.53. The maximum atomic E-state index is 11.6. The van der Waals surface area contributed by atoms with E-state index in [4.69, 9.17) is 4.18 Å². The Kier molecular flexibility index (Phi) is 2.24. The van der Waals surface area contributed by atoms with E-state index in [-0.39, 0.29) is 0 Å². The molecule has 1 aliphatic heterocycles. The highest BCUT2D eigenvalue weighted by molar-refractivity contribution is 7.79. The summed E-state index contributed by atoms with van der Waals surface area (Å²) in [4.78, 5) is 0. The van der Waals surface area contributed by atoms with Crippen LogP contribution in [-0.2, 0) is 27.6 Å². The van der Waals surface area contributed by atoms with Gasteiger partial charge < -0.3 is 0 Å². The Balaban J connectivity index is 1.87. The molecule has 0 radical (unpaired) electrons. The molecule has 0 aromatic heterocycles. The molecular formula is C18H12O2S. The maximum absolute atomic E-state index is 11.6. The minimum absolute atomic E-state index is 0.446. The van der Waals surface area contributed by atoms with Crippen LogP contribution in [0, 0.1) is 0 Å². The number of hydrogen-bond donors (Lipinski definition) is 0. The monoisotopic (exact) mass is 292 g/mol. The molecule has 1 unspecified atom stereocenters. The summed E-state index contributed by atoms with van der Waals surface area (Å²) >= 11 is -1.19. The second kappa shape index (κ2) is 4.03. The lowest BCUT2D eigenvalue weighted by atomic mass is 9.97. The standard InChI is InChI=1S/C18H12O2S/c19-21-10-13-8-17-15-6-2-4-11-3-1-5-14(18(11)15)16(17)7-12(13)9-20-21/h1-8H,9-10H2. The van der Waals surface area contributed by atoms with Gasteiger partial charge in [-0.15, -0.1) is 0 Å². The molecule has 3 heteroatoms. The van der Waals surface area contributed by atoms with Crippen LogP contribution in [0.25, 0.3) is 33.0 Å². The Morgan fingerprint density at radius 3 is 2.24 bits per heavy atom. The third-order valence-corrected chi connectivity index (χ3v) is 5.37. The van der Waals surface area contributed by atoms with Crippen molar-refractivity contribution < 1.29 is 8.39 Å². The Morgan fingerprint density at radius 2 is 1.52 bits per heavy atom. The molecule has 0 bridgehead atoms. The summed E-state index contributed by atoms with van der Waals surface area (Å²) in [6.45, 7) is 0.446. The summed E-state index contributed by atoms with van der Waals surface area (Å²) in [5.74, 6) is 0.495. The zero-order valence-electron chi connectivity index (χ0n) is 11.3. The highest BCUT2D eigenvalue weighted by Gasteiger charge is 2.25. The van der Waals surface area contributed by atoms with Gasteiger partial charge in [-0.3, -0.25) is 4.18 Å². The van der Waals surface area contributed by atoms with Crippen molar-refractivity contribution in [1.82, 2.24) is 0 Å². The largest absolute Gasteiger partial charge is 0.285 e. The molecule has 1 atom stereocenters. The molecule has 3 aromatic rings. The van der Waals surface area contributed by atoms with E-state index in [2.05, 4.69) is 48.5 Å². The van der Waals surface area contributed by atoms with Crippen LogP contribution >= 0.6 is 0 Å². The molecule has 0 fully saturated rings. The van der Waals surface area contributed by atoms with E-state index in [0.717, 1.165) is 11.1 Å². The SMILES string of the molecule is O=S1Cc2cc3c(cc2CO1)-c1cccc2cccc-3c12. The minimum Gasteiger partial charge on any atom is -0.285 e. The molecule has 3 aromatic carbocycles. The fourth-order valence-corrected chi connectivity index (χ4v) is 4.36. The first-order chi connectivity index (χ1) is 10.3. The molecule has 2 aliphatic rings. The lowest BCUT2D eigenvalue weighted by Gasteiger charge is -2.17. The Morgan fingerprint density at radius 1 is 0.857 bits per heavy atom. The van der Waals surface area contributed by atoms with Crippen molar-refractivity contribution in [1.29, 1.82) is 0 Å². The van der Waals surface area contributed by atoms with Gasteiger partial charge in [-0.05, 0) is 56.3 Å². The van der Waals surface area contributed by atoms with Crippen LogP contribution < -0.4 is 0 Å². The number of rotatable bonds is 0. The van der Waals surface area contributed by atoms with Gasteiger partial charge in [-0.1, -0.05) is 36.4 Å². The van der Waals surface area contributed by atoms with Gasteiger partial charge in [0.15, 0.2) is 11.1 Å². The lowest BCUT2D eigenvalue weighted by Crippen LogP contribution is -2.11. The van der Waals surface area contributed by atoms with Crippen molar-refractivity contribution in [2.24, 2.45) is 0 Å². The zero-order chi connectivity index (χ0) is 14.0. The van der Waals surface area contributed by atoms with Gasteiger partial charge in [0, 0.05) is 0 Å². The minimum atomic E-state index is -1.19. The molecule has 102 valence electrons. The van der Waals surface area contributed by atoms with Gasteiger partial charge in [0.05, 0.1) is 12.4 Å². The summed E-state index contributed by atoms with van der Waals surface area (Å²) < 4.78 is 16.9. The average molecular weight is 292 g/mol. The molecule has 1 heterocycles. The molecule has 0 spiro atoms. The normalized spacial score (nSPS) is 18.6. The highest BCUT2D eigenvalue weighted by atomic mass is 32.2. The number of benzene rings is 3. The Hall–Kier alpha value is -1.97. The lowest BCUT2D eigenvalue weighted by molar-refractivity contribution is 0.328. The highest BCUT2D eigenvalue weighted by Crippen LogP contribution is 2.48. The topological polar surface area (TPSA) is 26.3 Å². The van der Waals surface area contributed by atoms with E-state index in [1.165, 1.54) is 33.0 Å². The molecule has 1 aliphatic carbocycles. The van der Waals surface area contributed by atoms with Gasteiger partial charge in [-0.2, -0.15) is 0 Å². The second-order valence-electron chi connectivity index (χ2n) is 5.59. The zero-order valence-corrected chi connectivity index (χ0v) is 12.1. The summed E-state index contributed by atoms with van der Waals surface area (Å²) in [7, 11) is 0. The fraction of sp³-hybridized carbons (Fsp3) is 0.111. The van der Waals surface area contributed by atoms with Gasteiger partial charge in [0.2, 0.25) is 0 Å². The van der Waals surface area contributed by atoms with Crippen molar-refractivity contribution in [3.63, 3.8) is 0 Å². The number of fused-ring (bicyclic) bond motifs is 4. The number of hydrogen-bond acceptors (Lipinski definition) is 2. The van der Waals surface area contributed by atoms with Crippen LogP contribution in [0.15, 0.2) is 48.5 Å². The van der Waals surface area contributed by atoms with E-state index < -0.39 is 11.1 Å². The van der Waals surface area contributed by atoms with Crippen molar-refractivity contribution in [3.05, 3.63) is 59.7 Å². The van der Waals surface area contributed by atoms with Gasteiger partial charge in [-0.25, -0.2) is 4.21 Å². The Bertz CT molecular complexity index is 938. The van der Waals surface area contributed by atoms with E-state index in [9.17, 15) is 4.21 Å². The van der Waals surface area contributed by atoms with Gasteiger partial charge in [0.1, 0.15) is 0 Å². The first-order valence-corrected chi connectivity index (χ1v) is 8.25. The molecule has 21 heavy (non-hydrogen) atoms. The Labute approximate surface area is 125 Å². The summed E-state index contributed by atoms with van der Waals surface area (Å²) in [5.41, 5.74) is 7.45. The van der Waals surface area contributed by atoms with Crippen molar-refractivity contribution in [3.8, 4) is 22.3 Å². The van der Waals surface area contributed by atoms with E-state index in [1.807, 2.05) is 0 Å². The van der Waals surface area contributed by atoms with E-state index in [1.54, 1.807) is 0 Å². The van der Waals surface area contributed by atoms with Crippen LogP contribution in [0.5, 0.6) is 0 Å². The smallest absolute Gasteiger partial charge is 0.160 e. The molecule has 0 amide bonds. The van der Waals surface area contributed by atoms with Crippen LogP contribution in [0.3, 0.4) is 0 Å². The molecular weight excluding hydrogens is 280 g/mol. The van der Waals surface area contributed by atoms with Crippen LogP contribution in [-0.4, -0.2) is 4.21 Å². The van der Waals surface area contributed by atoms with E-state index in [0.29, 0.717) is 12.4 Å². The fourth-order valence-electron chi connectivity index (χ4n) is 3.49. The first kappa shape index (κ1) is 11.7. The van der Waals surface area contributed by atoms with Crippen LogP contribution in [0.4, 0.5) is 0 Å². The quantitative estimate of drug-likeness (QED) is 0.486. The van der Waals surface area contributed by atoms with Crippen molar-refractivity contribution >= 4 is 21.9 Å². The van der Waals surface area contributed by atoms with Crippen LogP contribution in [0.1, 0.15) is 11.1 Å². The molecule has 0 saturated carbocycles. The van der Waals surface area contributed by atoms with E-state index >= 15 is 0 Å². The molecule has 0 N–H and O–H groups in total. The predicted octanol–water partition coefficient (Wildman–Crippen LogP) is 4.18. The van der Waals surface area contributed by atoms with Gasteiger partial charge >= 0.3 is 0 Å². The summed E-state index contributed by atoms with van der Waals surface area (Å²) in [5, 5.41) is 2.61. The third-order valence-electron chi connectivity index (χ3n) is 4.44. The average Bonchev–Trinajstić information content (AvgIpc) is 2.82. The molecule has 5 rings (SSSR count). The van der Waals surface area contributed by atoms with Crippen molar-refractivity contribution in [2.75, 3.05) is 0 Å². The predicted molar refractivity (Wildman–Crippen MR) is 85.0 cm³/mol. The van der Waals surface area contributed by atoms with Gasteiger partial charge in [0.25, 0.3) is 0 Å². The first-order valence-electron chi connectivity index (χ1n) is 7.01. The van der Waals surface area contributed by atoms with Crippen LogP contribution in [0.2, 0.25) is 0 Å². The second-order valence-corrected chi connectivity index (χ2v) is 6.72. The van der Waals surface area contributed by atoms with Crippen molar-refractivity contribution in [2.45, 2.75) is 12.4 Å². The molecule has 0 saturated heterocycles. The molecule has 2 nitrogen and oxygen atoms in total. The summed E-state index contributed by atoms with van der Waals surface area (Å²) in [6.07, 6.45) is 0. The summed E-state index contributed by atoms with van der Waals surface area (Å²) in [6, 6.07) is 17.3.